The largest absolute Gasteiger partial charge is 0.398 e. The summed E-state index contributed by atoms with van der Waals surface area (Å²) in [5.74, 6) is -0.102. The zero-order valence-corrected chi connectivity index (χ0v) is 8.79. The Bertz CT molecular complexity index is 432. The molecule has 0 aliphatic heterocycles. The minimum atomic E-state index is -0.102. The van der Waals surface area contributed by atoms with Gasteiger partial charge in [-0.15, -0.1) is 0 Å². The molecule has 0 saturated heterocycles. The fourth-order valence-electron chi connectivity index (χ4n) is 1.35. The number of aryl methyl sites for hydroxylation is 1. The van der Waals surface area contributed by atoms with Crippen LogP contribution in [0.25, 0.3) is 0 Å². The monoisotopic (exact) mass is 203 g/mol. The van der Waals surface area contributed by atoms with Crippen LogP contribution in [-0.2, 0) is 0 Å². The van der Waals surface area contributed by atoms with Crippen LogP contribution >= 0.6 is 0 Å². The van der Waals surface area contributed by atoms with Crippen molar-refractivity contribution in [3.05, 3.63) is 28.8 Å². The maximum absolute atomic E-state index is 11.6. The molecule has 0 aliphatic rings. The van der Waals surface area contributed by atoms with Crippen molar-refractivity contribution >= 4 is 11.5 Å². The fourth-order valence-corrected chi connectivity index (χ4v) is 1.35. The van der Waals surface area contributed by atoms with Gasteiger partial charge in [-0.3, -0.25) is 4.79 Å². The third-order valence-electron chi connectivity index (χ3n) is 2.15. The SMILES string of the molecule is CNCC(=O)c1cc(C#N)cc(C)c1N. The van der Waals surface area contributed by atoms with Crippen molar-refractivity contribution < 1.29 is 4.79 Å². The Balaban J connectivity index is 3.23. The molecule has 0 fully saturated rings. The van der Waals surface area contributed by atoms with Gasteiger partial charge < -0.3 is 11.1 Å². The number of rotatable bonds is 3. The highest BCUT2D eigenvalue weighted by molar-refractivity contribution is 6.03. The van der Waals surface area contributed by atoms with Crippen LogP contribution in [-0.4, -0.2) is 19.4 Å². The summed E-state index contributed by atoms with van der Waals surface area (Å²) in [7, 11) is 1.69. The summed E-state index contributed by atoms with van der Waals surface area (Å²) in [6, 6.07) is 5.21. The molecule has 0 unspecified atom stereocenters. The lowest BCUT2D eigenvalue weighted by Crippen LogP contribution is -2.20. The zero-order chi connectivity index (χ0) is 11.4. The first kappa shape index (κ1) is 11.2. The van der Waals surface area contributed by atoms with E-state index in [1.807, 2.05) is 6.07 Å². The van der Waals surface area contributed by atoms with E-state index in [9.17, 15) is 4.79 Å². The van der Waals surface area contributed by atoms with Crippen LogP contribution in [0.15, 0.2) is 12.1 Å². The van der Waals surface area contributed by atoms with Crippen molar-refractivity contribution in [2.75, 3.05) is 19.3 Å². The van der Waals surface area contributed by atoms with E-state index < -0.39 is 0 Å². The standard InChI is InChI=1S/C11H13N3O/c1-7-3-8(5-12)4-9(11(7)13)10(15)6-14-2/h3-4,14H,6,13H2,1-2H3. The predicted molar refractivity (Wildman–Crippen MR) is 58.6 cm³/mol. The first-order chi connectivity index (χ1) is 7.10. The highest BCUT2D eigenvalue weighted by Crippen LogP contribution is 2.19. The average molecular weight is 203 g/mol. The van der Waals surface area contributed by atoms with E-state index in [-0.39, 0.29) is 12.3 Å². The second-order valence-corrected chi connectivity index (χ2v) is 3.32. The molecule has 0 atom stereocenters. The molecule has 1 aromatic rings. The first-order valence-corrected chi connectivity index (χ1v) is 4.58. The number of nitrogens with one attached hydrogen (secondary N) is 1. The summed E-state index contributed by atoms with van der Waals surface area (Å²) in [5, 5.41) is 11.5. The highest BCUT2D eigenvalue weighted by Gasteiger charge is 2.12. The van der Waals surface area contributed by atoms with Crippen LogP contribution in [0.2, 0.25) is 0 Å². The fraction of sp³-hybridized carbons (Fsp3) is 0.273. The number of nitrogens with zero attached hydrogens (tertiary/aromatic N) is 1. The topological polar surface area (TPSA) is 78.9 Å². The van der Waals surface area contributed by atoms with Crippen molar-refractivity contribution in [3.63, 3.8) is 0 Å². The van der Waals surface area contributed by atoms with E-state index in [0.29, 0.717) is 16.8 Å². The molecule has 4 heteroatoms. The molecule has 0 bridgehead atoms. The molecule has 0 radical (unpaired) electrons. The Labute approximate surface area is 88.7 Å². The lowest BCUT2D eigenvalue weighted by atomic mass is 10.0. The second-order valence-electron chi connectivity index (χ2n) is 3.32. The molecule has 4 nitrogen and oxygen atoms in total. The van der Waals surface area contributed by atoms with Crippen LogP contribution in [0.5, 0.6) is 0 Å². The number of hydrogen-bond acceptors (Lipinski definition) is 4. The number of Topliss-reactive ketones (excluding diaryl/α,β-unsaturated/α-hetero) is 1. The summed E-state index contributed by atoms with van der Waals surface area (Å²) in [5.41, 5.74) is 7.87. The molecule has 0 saturated carbocycles. The number of nitriles is 1. The second kappa shape index (κ2) is 4.58. The van der Waals surface area contributed by atoms with E-state index in [2.05, 4.69) is 5.32 Å². The van der Waals surface area contributed by atoms with Crippen molar-refractivity contribution in [1.82, 2.24) is 5.32 Å². The molecule has 0 aliphatic carbocycles. The number of likely N-dealkylation sites (N-methyl/N-ethyl adjacent to an activating group) is 1. The number of ketones is 1. The lowest BCUT2D eigenvalue weighted by molar-refractivity contribution is 0.0994. The molecule has 3 N–H and O–H groups in total. The Kier molecular flexibility index (Phi) is 3.42. The van der Waals surface area contributed by atoms with Gasteiger partial charge in [-0.25, -0.2) is 0 Å². The zero-order valence-electron chi connectivity index (χ0n) is 8.79. The van der Waals surface area contributed by atoms with Gasteiger partial charge in [0.05, 0.1) is 18.2 Å². The Morgan fingerprint density at radius 1 is 1.60 bits per heavy atom. The van der Waals surface area contributed by atoms with E-state index in [1.165, 1.54) is 6.07 Å². The number of hydrogen-bond donors (Lipinski definition) is 2. The van der Waals surface area contributed by atoms with Crippen LogP contribution < -0.4 is 11.1 Å². The van der Waals surface area contributed by atoms with Gasteiger partial charge in [0.1, 0.15) is 0 Å². The van der Waals surface area contributed by atoms with E-state index in [1.54, 1.807) is 20.0 Å². The molecule has 0 aromatic heterocycles. The molecule has 78 valence electrons. The maximum atomic E-state index is 11.6. The average Bonchev–Trinajstić information content (AvgIpc) is 2.22. The third-order valence-corrected chi connectivity index (χ3v) is 2.15. The number of nitrogens with two attached hydrogens (primary N) is 1. The van der Waals surface area contributed by atoms with Crippen LogP contribution in [0.3, 0.4) is 0 Å². The normalized spacial score (nSPS) is 9.67. The van der Waals surface area contributed by atoms with Crippen molar-refractivity contribution in [3.8, 4) is 6.07 Å². The number of carbonyl (C=O) groups excluding carboxylic acids is 1. The Hall–Kier alpha value is -1.86. The van der Waals surface area contributed by atoms with Crippen LogP contribution in [0.1, 0.15) is 21.5 Å². The van der Waals surface area contributed by atoms with Crippen molar-refractivity contribution in [2.45, 2.75) is 6.92 Å². The van der Waals surface area contributed by atoms with Gasteiger partial charge in [-0.05, 0) is 31.7 Å². The van der Waals surface area contributed by atoms with Gasteiger partial charge in [-0.2, -0.15) is 5.26 Å². The highest BCUT2D eigenvalue weighted by atomic mass is 16.1. The smallest absolute Gasteiger partial charge is 0.178 e. The molecule has 0 amide bonds. The van der Waals surface area contributed by atoms with Gasteiger partial charge >= 0.3 is 0 Å². The van der Waals surface area contributed by atoms with Crippen molar-refractivity contribution in [2.24, 2.45) is 0 Å². The van der Waals surface area contributed by atoms with Gasteiger partial charge in [-0.1, -0.05) is 0 Å². The number of nitrogen functional groups attached to an aromatic ring is 1. The van der Waals surface area contributed by atoms with Crippen LogP contribution in [0.4, 0.5) is 5.69 Å². The number of carbonyl (C=O) groups is 1. The van der Waals surface area contributed by atoms with E-state index >= 15 is 0 Å². The minimum Gasteiger partial charge on any atom is -0.398 e. The van der Waals surface area contributed by atoms with Gasteiger partial charge in [0.25, 0.3) is 0 Å². The third kappa shape index (κ3) is 2.33. The molecule has 15 heavy (non-hydrogen) atoms. The summed E-state index contributed by atoms with van der Waals surface area (Å²) < 4.78 is 0. The quantitative estimate of drug-likeness (QED) is 0.564. The summed E-state index contributed by atoms with van der Waals surface area (Å²) in [6.07, 6.45) is 0. The van der Waals surface area contributed by atoms with Gasteiger partial charge in [0, 0.05) is 11.3 Å². The molecular weight excluding hydrogens is 190 g/mol. The molecule has 0 heterocycles. The molecule has 1 aromatic carbocycles. The Morgan fingerprint density at radius 3 is 2.80 bits per heavy atom. The molecule has 1 rings (SSSR count). The van der Waals surface area contributed by atoms with Gasteiger partial charge in [0.2, 0.25) is 0 Å². The predicted octanol–water partition coefficient (Wildman–Crippen LogP) is 0.851. The summed E-state index contributed by atoms with van der Waals surface area (Å²) in [6.45, 7) is 2.00. The number of anilines is 1. The minimum absolute atomic E-state index is 0.102. The number of benzene rings is 1. The lowest BCUT2D eigenvalue weighted by Gasteiger charge is -2.07. The maximum Gasteiger partial charge on any atom is 0.178 e. The molecule has 0 spiro atoms. The van der Waals surface area contributed by atoms with Crippen molar-refractivity contribution in [1.29, 1.82) is 5.26 Å². The Morgan fingerprint density at radius 2 is 2.27 bits per heavy atom. The summed E-state index contributed by atoms with van der Waals surface area (Å²) >= 11 is 0. The first-order valence-electron chi connectivity index (χ1n) is 4.58. The molecular formula is C11H13N3O. The van der Waals surface area contributed by atoms with Crippen LogP contribution in [0, 0.1) is 18.3 Å². The summed E-state index contributed by atoms with van der Waals surface area (Å²) in [4.78, 5) is 11.6. The van der Waals surface area contributed by atoms with E-state index in [4.69, 9.17) is 11.0 Å². The van der Waals surface area contributed by atoms with Gasteiger partial charge in [0.15, 0.2) is 5.78 Å². The van der Waals surface area contributed by atoms with E-state index in [0.717, 1.165) is 5.56 Å².